The Morgan fingerprint density at radius 1 is 0.931 bits per heavy atom. The second kappa shape index (κ2) is 9.73. The average Bonchev–Trinajstić information content (AvgIpc) is 3.16. The highest BCUT2D eigenvalue weighted by Crippen LogP contribution is 2.32. The van der Waals surface area contributed by atoms with Crippen LogP contribution in [0, 0.1) is 0 Å². The molecule has 0 atom stereocenters. The summed E-state index contributed by atoms with van der Waals surface area (Å²) in [5.74, 6) is -3.17. The molecule has 0 bridgehead atoms. The van der Waals surface area contributed by atoms with Gasteiger partial charge in [0.25, 0.3) is 0 Å². The third-order valence-corrected chi connectivity index (χ3v) is 4.19. The summed E-state index contributed by atoms with van der Waals surface area (Å²) in [5, 5.41) is 0. The van der Waals surface area contributed by atoms with Crippen LogP contribution in [0.1, 0.15) is 20.7 Å². The highest BCUT2D eigenvalue weighted by molar-refractivity contribution is 6.17. The Labute approximate surface area is 166 Å². The summed E-state index contributed by atoms with van der Waals surface area (Å²) in [5.41, 5.74) is -0.512. The predicted molar refractivity (Wildman–Crippen MR) is 98.4 cm³/mol. The zero-order valence-corrected chi connectivity index (χ0v) is 16.6. The summed E-state index contributed by atoms with van der Waals surface area (Å²) < 4.78 is 25.5. The fraction of sp³-hybridized carbons (Fsp3) is 0.444. The Morgan fingerprint density at radius 2 is 1.55 bits per heavy atom. The zero-order chi connectivity index (χ0) is 21.6. The van der Waals surface area contributed by atoms with Gasteiger partial charge in [0, 0.05) is 19.3 Å². The van der Waals surface area contributed by atoms with Crippen LogP contribution in [-0.2, 0) is 33.3 Å². The second-order valence-corrected chi connectivity index (χ2v) is 5.74. The number of rotatable bonds is 6. The van der Waals surface area contributed by atoms with Gasteiger partial charge in [-0.3, -0.25) is 4.57 Å². The van der Waals surface area contributed by atoms with E-state index < -0.39 is 23.9 Å². The van der Waals surface area contributed by atoms with Gasteiger partial charge in [-0.2, -0.15) is 0 Å². The number of hydrogen-bond acceptors (Lipinski definition) is 10. The lowest BCUT2D eigenvalue weighted by Crippen LogP contribution is -2.38. The second-order valence-electron chi connectivity index (χ2n) is 5.74. The molecule has 11 nitrogen and oxygen atoms in total. The van der Waals surface area contributed by atoms with E-state index in [0.29, 0.717) is 26.3 Å². The van der Waals surface area contributed by atoms with Gasteiger partial charge in [0.05, 0.1) is 53.3 Å². The summed E-state index contributed by atoms with van der Waals surface area (Å²) >= 11 is 0. The van der Waals surface area contributed by atoms with Crippen molar-refractivity contribution in [2.45, 2.75) is 0 Å². The smallest absolute Gasteiger partial charge is 0.355 e. The van der Waals surface area contributed by atoms with Gasteiger partial charge >= 0.3 is 23.9 Å². The van der Waals surface area contributed by atoms with Gasteiger partial charge in [0.15, 0.2) is 0 Å². The van der Waals surface area contributed by atoms with E-state index in [9.17, 15) is 19.2 Å². The van der Waals surface area contributed by atoms with Crippen molar-refractivity contribution in [2.24, 2.45) is 0 Å². The minimum absolute atomic E-state index is 0.110. The fourth-order valence-electron chi connectivity index (χ4n) is 2.83. The van der Waals surface area contributed by atoms with Crippen molar-refractivity contribution in [3.8, 4) is 0 Å². The van der Waals surface area contributed by atoms with E-state index in [0.717, 1.165) is 34.5 Å². The Morgan fingerprint density at radius 3 is 2.07 bits per heavy atom. The molecular formula is C18H22N2O9. The number of ether oxygens (including phenoxy) is 5. The molecule has 0 spiro atoms. The summed E-state index contributed by atoms with van der Waals surface area (Å²) in [6.45, 7) is 1.43. The topological polar surface area (TPSA) is 123 Å². The Bertz CT molecular complexity index is 835. The van der Waals surface area contributed by atoms with E-state index in [1.54, 1.807) is 4.90 Å². The molecule has 0 aliphatic carbocycles. The summed E-state index contributed by atoms with van der Waals surface area (Å²) in [7, 11) is 4.59. The predicted octanol–water partition coefficient (Wildman–Crippen LogP) is 0.0848. The van der Waals surface area contributed by atoms with Crippen molar-refractivity contribution in [1.29, 1.82) is 0 Å². The fourth-order valence-corrected chi connectivity index (χ4v) is 2.83. The number of morpholine rings is 1. The SMILES string of the molecule is COC(=O)/C=C(/C(=O)OC)n1cc(C(=O)OC)c(C(=O)OC)c1N1CCOCC1. The van der Waals surface area contributed by atoms with Gasteiger partial charge in [0.2, 0.25) is 0 Å². The van der Waals surface area contributed by atoms with E-state index in [1.807, 2.05) is 0 Å². The van der Waals surface area contributed by atoms with Crippen LogP contribution in [-0.4, -0.2) is 83.2 Å². The zero-order valence-electron chi connectivity index (χ0n) is 16.6. The molecule has 1 saturated heterocycles. The molecule has 2 rings (SSSR count). The Hall–Kier alpha value is -3.34. The quantitative estimate of drug-likeness (QED) is 0.362. The van der Waals surface area contributed by atoms with E-state index in [2.05, 4.69) is 4.74 Å². The highest BCUT2D eigenvalue weighted by atomic mass is 16.5. The average molecular weight is 410 g/mol. The molecule has 0 saturated carbocycles. The lowest BCUT2D eigenvalue weighted by atomic mass is 10.1. The lowest BCUT2D eigenvalue weighted by molar-refractivity contribution is -0.137. The Balaban J connectivity index is 2.83. The number of esters is 4. The molecule has 0 N–H and O–H groups in total. The number of aromatic nitrogens is 1. The van der Waals surface area contributed by atoms with E-state index in [-0.39, 0.29) is 22.6 Å². The third kappa shape index (κ3) is 4.57. The molecule has 1 aliphatic rings. The molecule has 29 heavy (non-hydrogen) atoms. The standard InChI is InChI=1S/C18H22N2O9/c1-25-13(21)9-12(17(23)27-3)20-10-11(16(22)26-2)14(18(24)28-4)15(20)19-5-7-29-8-6-19/h9-10H,5-8H2,1-4H3/b12-9-. The van der Waals surface area contributed by atoms with E-state index in [4.69, 9.17) is 18.9 Å². The van der Waals surface area contributed by atoms with Crippen LogP contribution in [0.15, 0.2) is 12.3 Å². The summed E-state index contributed by atoms with van der Waals surface area (Å²) in [6.07, 6.45) is 2.12. The summed E-state index contributed by atoms with van der Waals surface area (Å²) in [4.78, 5) is 50.8. The van der Waals surface area contributed by atoms with Crippen LogP contribution in [0.4, 0.5) is 5.82 Å². The molecule has 1 aromatic rings. The van der Waals surface area contributed by atoms with Gasteiger partial charge in [0.1, 0.15) is 17.1 Å². The maximum atomic E-state index is 12.5. The molecule has 0 aromatic carbocycles. The van der Waals surface area contributed by atoms with Crippen molar-refractivity contribution in [3.05, 3.63) is 23.4 Å². The van der Waals surface area contributed by atoms with Crippen LogP contribution >= 0.6 is 0 Å². The number of anilines is 1. The molecule has 1 aromatic heterocycles. The number of nitrogens with zero attached hydrogens (tertiary/aromatic N) is 2. The monoisotopic (exact) mass is 410 g/mol. The van der Waals surface area contributed by atoms with Crippen molar-refractivity contribution in [1.82, 2.24) is 4.57 Å². The van der Waals surface area contributed by atoms with E-state index >= 15 is 0 Å². The third-order valence-electron chi connectivity index (χ3n) is 4.19. The first-order valence-corrected chi connectivity index (χ1v) is 8.52. The van der Waals surface area contributed by atoms with Crippen molar-refractivity contribution >= 4 is 35.4 Å². The first kappa shape index (κ1) is 22.0. The van der Waals surface area contributed by atoms with Crippen molar-refractivity contribution in [2.75, 3.05) is 59.6 Å². The molecule has 158 valence electrons. The van der Waals surface area contributed by atoms with Gasteiger partial charge in [-0.05, 0) is 0 Å². The minimum Gasteiger partial charge on any atom is -0.466 e. The van der Waals surface area contributed by atoms with Gasteiger partial charge in [-0.25, -0.2) is 19.2 Å². The molecule has 0 amide bonds. The molecule has 0 unspecified atom stereocenters. The lowest BCUT2D eigenvalue weighted by Gasteiger charge is -2.30. The first-order chi connectivity index (χ1) is 13.9. The van der Waals surface area contributed by atoms with Crippen LogP contribution in [0.5, 0.6) is 0 Å². The highest BCUT2D eigenvalue weighted by Gasteiger charge is 2.34. The maximum Gasteiger partial charge on any atom is 0.355 e. The van der Waals surface area contributed by atoms with Crippen LogP contribution in [0.3, 0.4) is 0 Å². The minimum atomic E-state index is -0.882. The summed E-state index contributed by atoms with van der Waals surface area (Å²) in [6, 6.07) is 0. The Kier molecular flexibility index (Phi) is 7.37. The molecular weight excluding hydrogens is 388 g/mol. The number of hydrogen-bond donors (Lipinski definition) is 0. The van der Waals surface area contributed by atoms with Crippen LogP contribution in [0.2, 0.25) is 0 Å². The molecule has 0 radical (unpaired) electrons. The molecule has 11 heteroatoms. The largest absolute Gasteiger partial charge is 0.466 e. The van der Waals surface area contributed by atoms with Gasteiger partial charge in [-0.1, -0.05) is 0 Å². The number of carbonyl (C=O) groups excluding carboxylic acids is 4. The number of carbonyl (C=O) groups is 4. The van der Waals surface area contributed by atoms with Crippen LogP contribution < -0.4 is 4.90 Å². The molecule has 2 heterocycles. The number of methoxy groups -OCH3 is 4. The maximum absolute atomic E-state index is 12.5. The normalized spacial score (nSPS) is 14.2. The van der Waals surface area contributed by atoms with Gasteiger partial charge in [-0.15, -0.1) is 0 Å². The molecule has 1 fully saturated rings. The molecule has 1 aliphatic heterocycles. The van der Waals surface area contributed by atoms with Gasteiger partial charge < -0.3 is 28.6 Å². The van der Waals surface area contributed by atoms with Crippen molar-refractivity contribution in [3.63, 3.8) is 0 Å². The van der Waals surface area contributed by atoms with Crippen molar-refractivity contribution < 1.29 is 42.9 Å². The van der Waals surface area contributed by atoms with Crippen LogP contribution in [0.25, 0.3) is 5.70 Å². The first-order valence-electron chi connectivity index (χ1n) is 8.52. The van der Waals surface area contributed by atoms with E-state index in [1.165, 1.54) is 10.8 Å².